The number of carbonyl (C=O) groups is 2. The maximum absolute atomic E-state index is 13.3. The van der Waals surface area contributed by atoms with Gasteiger partial charge < -0.3 is 20.1 Å². The molecule has 44 heavy (non-hydrogen) atoms. The Hall–Kier alpha value is -4.51. The van der Waals surface area contributed by atoms with Crippen molar-refractivity contribution in [1.82, 2.24) is 20.1 Å². The number of amides is 2. The average molecular weight is 615 g/mol. The Labute approximate surface area is 261 Å². The first-order valence-corrected chi connectivity index (χ1v) is 15.5. The van der Waals surface area contributed by atoms with E-state index in [0.717, 1.165) is 33.2 Å². The number of benzene rings is 2. The zero-order chi connectivity index (χ0) is 31.4. The molecular weight excluding hydrogens is 576 g/mol. The number of anilines is 1. The lowest BCUT2D eigenvalue weighted by Gasteiger charge is -2.14. The molecule has 2 aromatic carbocycles. The predicted octanol–water partition coefficient (Wildman–Crippen LogP) is 5.87. The van der Waals surface area contributed by atoms with Crippen LogP contribution < -0.4 is 20.1 Å². The van der Waals surface area contributed by atoms with Crippen molar-refractivity contribution < 1.29 is 19.1 Å². The van der Waals surface area contributed by atoms with Crippen LogP contribution >= 0.6 is 11.3 Å². The van der Waals surface area contributed by atoms with Crippen molar-refractivity contribution >= 4 is 34.6 Å². The van der Waals surface area contributed by atoms with E-state index in [-0.39, 0.29) is 24.3 Å². The van der Waals surface area contributed by atoms with E-state index in [0.29, 0.717) is 42.5 Å². The quantitative estimate of drug-likeness (QED) is 0.204. The van der Waals surface area contributed by atoms with Crippen LogP contribution in [0.4, 0.5) is 5.69 Å². The number of aryl methyl sites for hydroxylation is 2. The molecule has 0 bridgehead atoms. The summed E-state index contributed by atoms with van der Waals surface area (Å²) < 4.78 is 13.2. The lowest BCUT2D eigenvalue weighted by atomic mass is 9.99. The molecule has 0 saturated heterocycles. The van der Waals surface area contributed by atoms with E-state index < -0.39 is 6.04 Å². The van der Waals surface area contributed by atoms with Crippen LogP contribution in [0.5, 0.6) is 11.5 Å². The molecule has 0 radical (unpaired) electrons. The number of nitrogens with one attached hydrogen (secondary N) is 2. The SMILES string of the molecule is COc1ccc(NC(=O)C[C@@H]2N=C(c3ccc(OCCCC(=O)NC(C)C)cc3)c3c(sc(C)c3C)-n3c(C)nnc32)cc1. The number of aromatic nitrogens is 3. The summed E-state index contributed by atoms with van der Waals surface area (Å²) in [4.78, 5) is 31.6. The highest BCUT2D eigenvalue weighted by atomic mass is 32.1. The van der Waals surface area contributed by atoms with Crippen LogP contribution in [0.25, 0.3) is 5.00 Å². The van der Waals surface area contributed by atoms with Crippen LogP contribution in [0.3, 0.4) is 0 Å². The Kier molecular flexibility index (Phi) is 9.43. The molecule has 2 amide bonds. The second-order valence-electron chi connectivity index (χ2n) is 11.1. The van der Waals surface area contributed by atoms with Crippen molar-refractivity contribution in [3.8, 4) is 16.5 Å². The van der Waals surface area contributed by atoms with Crippen LogP contribution in [-0.4, -0.2) is 52.0 Å². The summed E-state index contributed by atoms with van der Waals surface area (Å²) >= 11 is 1.67. The van der Waals surface area contributed by atoms with Gasteiger partial charge in [-0.15, -0.1) is 21.5 Å². The first-order valence-electron chi connectivity index (χ1n) is 14.7. The third-order valence-electron chi connectivity index (χ3n) is 7.39. The number of hydrogen-bond acceptors (Lipinski definition) is 8. The van der Waals surface area contributed by atoms with Crippen LogP contribution in [0, 0.1) is 20.8 Å². The van der Waals surface area contributed by atoms with E-state index in [9.17, 15) is 9.59 Å². The van der Waals surface area contributed by atoms with Gasteiger partial charge in [0.05, 0.1) is 25.8 Å². The summed E-state index contributed by atoms with van der Waals surface area (Å²) in [5, 5.41) is 15.7. The van der Waals surface area contributed by atoms with Crippen molar-refractivity contribution in [1.29, 1.82) is 0 Å². The van der Waals surface area contributed by atoms with Crippen molar-refractivity contribution in [2.24, 2.45) is 4.99 Å². The lowest BCUT2D eigenvalue weighted by molar-refractivity contribution is -0.121. The van der Waals surface area contributed by atoms with Gasteiger partial charge in [-0.1, -0.05) is 0 Å². The molecule has 2 aromatic heterocycles. The number of aliphatic imine (C=N–C) groups is 1. The summed E-state index contributed by atoms with van der Waals surface area (Å²) in [7, 11) is 1.60. The van der Waals surface area contributed by atoms with Crippen LogP contribution in [0.2, 0.25) is 0 Å². The van der Waals surface area contributed by atoms with Crippen molar-refractivity contribution in [3.05, 3.63) is 81.7 Å². The normalized spacial score (nSPS) is 13.9. The summed E-state index contributed by atoms with van der Waals surface area (Å²) in [6, 6.07) is 14.6. The lowest BCUT2D eigenvalue weighted by Crippen LogP contribution is -2.30. The highest BCUT2D eigenvalue weighted by molar-refractivity contribution is 7.15. The second-order valence-corrected chi connectivity index (χ2v) is 12.3. The van der Waals surface area contributed by atoms with E-state index in [1.807, 2.05) is 49.6 Å². The van der Waals surface area contributed by atoms with Gasteiger partial charge in [-0.25, -0.2) is 0 Å². The number of carbonyl (C=O) groups excluding carboxylic acids is 2. The monoisotopic (exact) mass is 614 g/mol. The molecule has 1 atom stereocenters. The van der Waals surface area contributed by atoms with Gasteiger partial charge in [-0.2, -0.15) is 0 Å². The molecule has 1 aliphatic heterocycles. The van der Waals surface area contributed by atoms with Crippen LogP contribution in [0.15, 0.2) is 53.5 Å². The molecule has 1 aliphatic rings. The zero-order valence-electron chi connectivity index (χ0n) is 25.9. The van der Waals surface area contributed by atoms with Gasteiger partial charge >= 0.3 is 0 Å². The third kappa shape index (κ3) is 6.83. The maximum atomic E-state index is 13.3. The number of fused-ring (bicyclic) bond motifs is 3. The number of hydrogen-bond donors (Lipinski definition) is 2. The minimum Gasteiger partial charge on any atom is -0.497 e. The molecule has 0 unspecified atom stereocenters. The molecule has 0 spiro atoms. The molecule has 230 valence electrons. The minimum atomic E-state index is -0.559. The smallest absolute Gasteiger partial charge is 0.227 e. The molecule has 10 nitrogen and oxygen atoms in total. The first-order chi connectivity index (χ1) is 21.1. The van der Waals surface area contributed by atoms with Crippen molar-refractivity contribution in [3.63, 3.8) is 0 Å². The fraction of sp³-hybridized carbons (Fsp3) is 0.364. The molecule has 3 heterocycles. The van der Waals surface area contributed by atoms with Crippen molar-refractivity contribution in [2.75, 3.05) is 19.0 Å². The molecule has 5 rings (SSSR count). The number of methoxy groups -OCH3 is 1. The Balaban J connectivity index is 1.41. The van der Waals surface area contributed by atoms with Gasteiger partial charge in [0.1, 0.15) is 28.4 Å². The molecule has 4 aromatic rings. The van der Waals surface area contributed by atoms with E-state index in [2.05, 4.69) is 34.7 Å². The predicted molar refractivity (Wildman–Crippen MR) is 173 cm³/mol. The van der Waals surface area contributed by atoms with Gasteiger partial charge in [-0.05, 0) is 95.1 Å². The molecule has 0 saturated carbocycles. The Bertz CT molecular complexity index is 1670. The third-order valence-corrected chi connectivity index (χ3v) is 8.58. The molecular formula is C33H38N6O4S. The minimum absolute atomic E-state index is 0.0279. The Morgan fingerprint density at radius 3 is 2.36 bits per heavy atom. The Morgan fingerprint density at radius 2 is 1.68 bits per heavy atom. The highest BCUT2D eigenvalue weighted by Crippen LogP contribution is 2.39. The summed E-state index contributed by atoms with van der Waals surface area (Å²) in [6.07, 6.45) is 1.14. The largest absolute Gasteiger partial charge is 0.497 e. The second kappa shape index (κ2) is 13.4. The van der Waals surface area contributed by atoms with E-state index in [1.54, 1.807) is 42.7 Å². The molecule has 2 N–H and O–H groups in total. The molecule has 0 aliphatic carbocycles. The fourth-order valence-corrected chi connectivity index (χ4v) is 6.33. The van der Waals surface area contributed by atoms with Crippen molar-refractivity contribution in [2.45, 2.75) is 66.0 Å². The number of ether oxygens (including phenoxy) is 2. The fourth-order valence-electron chi connectivity index (χ4n) is 5.11. The summed E-state index contributed by atoms with van der Waals surface area (Å²) in [5.41, 5.74) is 4.53. The maximum Gasteiger partial charge on any atom is 0.227 e. The Morgan fingerprint density at radius 1 is 0.977 bits per heavy atom. The van der Waals surface area contributed by atoms with E-state index in [1.165, 1.54) is 4.88 Å². The van der Waals surface area contributed by atoms with Crippen LogP contribution in [-0.2, 0) is 9.59 Å². The van der Waals surface area contributed by atoms with Gasteiger partial charge in [0, 0.05) is 34.2 Å². The first kappa shape index (κ1) is 30.9. The number of nitrogens with zero attached hydrogens (tertiary/aromatic N) is 4. The van der Waals surface area contributed by atoms with Gasteiger partial charge in [-0.3, -0.25) is 19.1 Å². The number of thiophene rings is 1. The summed E-state index contributed by atoms with van der Waals surface area (Å²) in [6.45, 7) is 10.5. The average Bonchev–Trinajstić information content (AvgIpc) is 3.47. The van der Waals surface area contributed by atoms with E-state index in [4.69, 9.17) is 14.5 Å². The van der Waals surface area contributed by atoms with Gasteiger partial charge in [0.25, 0.3) is 0 Å². The molecule has 11 heteroatoms. The topological polar surface area (TPSA) is 120 Å². The van der Waals surface area contributed by atoms with Crippen LogP contribution in [0.1, 0.15) is 72.4 Å². The number of rotatable bonds is 11. The van der Waals surface area contributed by atoms with Gasteiger partial charge in [0.2, 0.25) is 11.8 Å². The highest BCUT2D eigenvalue weighted by Gasteiger charge is 2.32. The summed E-state index contributed by atoms with van der Waals surface area (Å²) in [5.74, 6) is 2.65. The molecule has 0 fully saturated rings. The van der Waals surface area contributed by atoms with E-state index >= 15 is 0 Å². The van der Waals surface area contributed by atoms with Gasteiger partial charge in [0.15, 0.2) is 5.82 Å². The zero-order valence-corrected chi connectivity index (χ0v) is 26.7. The standard InChI is InChI=1S/C33H38N6O4S/c1-19(2)34-28(40)8-7-17-43-26-13-9-23(10-14-26)31-30-20(3)21(4)44-33(30)39-22(5)37-38-32(39)27(36-31)18-29(41)35-24-11-15-25(42-6)16-12-24/h9-16,19,27H,7-8,17-18H2,1-6H3,(H,34,40)(H,35,41)/t27-/m0/s1.